The number of piperazine rings is 1. The third-order valence-electron chi connectivity index (χ3n) is 2.84. The lowest BCUT2D eigenvalue weighted by Crippen LogP contribution is -2.46. The number of carbonyl (C=O) groups excluding carboxylic acids is 1. The second kappa shape index (κ2) is 5.32. The molecule has 2 aliphatic heterocycles. The molecule has 86 valence electrons. The summed E-state index contributed by atoms with van der Waals surface area (Å²) in [5.41, 5.74) is 0. The maximum absolute atomic E-state index is 11.6. The molecular formula is C10H18N2O3. The lowest BCUT2D eigenvalue weighted by Gasteiger charge is -2.26. The molecule has 2 saturated heterocycles. The zero-order valence-electron chi connectivity index (χ0n) is 8.91. The molecule has 0 bridgehead atoms. The van der Waals surface area contributed by atoms with Crippen molar-refractivity contribution >= 4 is 6.09 Å². The van der Waals surface area contributed by atoms with Crippen LogP contribution in [0.5, 0.6) is 0 Å². The Morgan fingerprint density at radius 1 is 1.47 bits per heavy atom. The Morgan fingerprint density at radius 3 is 2.93 bits per heavy atom. The molecule has 2 fully saturated rings. The van der Waals surface area contributed by atoms with Gasteiger partial charge in [-0.05, 0) is 6.42 Å². The normalized spacial score (nSPS) is 26.7. The molecule has 0 saturated carbocycles. The van der Waals surface area contributed by atoms with Crippen molar-refractivity contribution in [1.82, 2.24) is 10.2 Å². The summed E-state index contributed by atoms with van der Waals surface area (Å²) >= 11 is 0. The highest BCUT2D eigenvalue weighted by molar-refractivity contribution is 5.67. The van der Waals surface area contributed by atoms with E-state index in [2.05, 4.69) is 5.32 Å². The molecular weight excluding hydrogens is 196 g/mol. The molecule has 1 unspecified atom stereocenters. The molecule has 5 heteroatoms. The predicted molar refractivity (Wildman–Crippen MR) is 54.7 cm³/mol. The van der Waals surface area contributed by atoms with E-state index < -0.39 is 0 Å². The lowest BCUT2D eigenvalue weighted by atomic mass is 10.1. The van der Waals surface area contributed by atoms with E-state index in [0.717, 1.165) is 45.8 Å². The Morgan fingerprint density at radius 2 is 2.27 bits per heavy atom. The van der Waals surface area contributed by atoms with Gasteiger partial charge in [-0.25, -0.2) is 4.79 Å². The van der Waals surface area contributed by atoms with E-state index in [1.54, 1.807) is 4.90 Å². The molecule has 2 rings (SSSR count). The fraction of sp³-hybridized carbons (Fsp3) is 0.900. The van der Waals surface area contributed by atoms with Crippen molar-refractivity contribution in [3.05, 3.63) is 0 Å². The summed E-state index contributed by atoms with van der Waals surface area (Å²) in [6.45, 7) is 5.26. The molecule has 2 heterocycles. The zero-order chi connectivity index (χ0) is 10.5. The van der Waals surface area contributed by atoms with Crippen molar-refractivity contribution < 1.29 is 14.3 Å². The van der Waals surface area contributed by atoms with Crippen LogP contribution in [0.3, 0.4) is 0 Å². The number of carbonyl (C=O) groups is 1. The molecule has 0 radical (unpaired) electrons. The first kappa shape index (κ1) is 10.7. The number of nitrogens with zero attached hydrogens (tertiary/aromatic N) is 1. The molecule has 0 aromatic rings. The molecule has 0 aromatic carbocycles. The second-order valence-electron chi connectivity index (χ2n) is 4.04. The van der Waals surface area contributed by atoms with Gasteiger partial charge in [0.1, 0.15) is 0 Å². The van der Waals surface area contributed by atoms with Crippen molar-refractivity contribution in [2.45, 2.75) is 6.42 Å². The van der Waals surface area contributed by atoms with Crippen LogP contribution >= 0.6 is 0 Å². The first-order chi connectivity index (χ1) is 7.36. The molecule has 1 N–H and O–H groups in total. The van der Waals surface area contributed by atoms with Crippen LogP contribution in [0.2, 0.25) is 0 Å². The van der Waals surface area contributed by atoms with E-state index in [9.17, 15) is 4.79 Å². The largest absolute Gasteiger partial charge is 0.449 e. The third-order valence-corrected chi connectivity index (χ3v) is 2.84. The summed E-state index contributed by atoms with van der Waals surface area (Å²) in [5.74, 6) is 0.400. The summed E-state index contributed by atoms with van der Waals surface area (Å²) < 4.78 is 10.5. The lowest BCUT2D eigenvalue weighted by molar-refractivity contribution is 0.0797. The molecule has 2 aliphatic rings. The van der Waals surface area contributed by atoms with Crippen LogP contribution in [0.25, 0.3) is 0 Å². The topological polar surface area (TPSA) is 50.8 Å². The standard InChI is InChI=1S/C10H18N2O3/c13-10(12-4-2-11-3-5-12)15-8-9-1-6-14-7-9/h9,11H,1-8H2. The Balaban J connectivity index is 1.66. The minimum atomic E-state index is -0.177. The fourth-order valence-corrected chi connectivity index (χ4v) is 1.84. The first-order valence-corrected chi connectivity index (χ1v) is 5.56. The number of ether oxygens (including phenoxy) is 2. The first-order valence-electron chi connectivity index (χ1n) is 5.56. The van der Waals surface area contributed by atoms with Crippen LogP contribution in [0, 0.1) is 5.92 Å². The van der Waals surface area contributed by atoms with Crippen molar-refractivity contribution in [2.75, 3.05) is 46.0 Å². The monoisotopic (exact) mass is 214 g/mol. The SMILES string of the molecule is O=C(OCC1CCOC1)N1CCNCC1. The average Bonchev–Trinajstić information content (AvgIpc) is 2.80. The number of hydrogen-bond acceptors (Lipinski definition) is 4. The molecule has 0 aliphatic carbocycles. The Hall–Kier alpha value is -0.810. The van der Waals surface area contributed by atoms with Gasteiger partial charge < -0.3 is 19.7 Å². The van der Waals surface area contributed by atoms with E-state index in [4.69, 9.17) is 9.47 Å². The van der Waals surface area contributed by atoms with Gasteiger partial charge in [0.2, 0.25) is 0 Å². The third kappa shape index (κ3) is 3.07. The maximum Gasteiger partial charge on any atom is 0.409 e. The van der Waals surface area contributed by atoms with Gasteiger partial charge in [0, 0.05) is 38.7 Å². The molecule has 1 amide bonds. The van der Waals surface area contributed by atoms with Gasteiger partial charge in [0.15, 0.2) is 0 Å². The fourth-order valence-electron chi connectivity index (χ4n) is 1.84. The van der Waals surface area contributed by atoms with Crippen molar-refractivity contribution in [3.8, 4) is 0 Å². The van der Waals surface area contributed by atoms with Crippen LogP contribution in [0.15, 0.2) is 0 Å². The molecule has 0 aromatic heterocycles. The highest BCUT2D eigenvalue weighted by Crippen LogP contribution is 2.12. The Labute approximate surface area is 89.7 Å². The summed E-state index contributed by atoms with van der Waals surface area (Å²) in [6, 6.07) is 0. The van der Waals surface area contributed by atoms with Gasteiger partial charge in [-0.3, -0.25) is 0 Å². The van der Waals surface area contributed by atoms with Crippen molar-refractivity contribution in [2.24, 2.45) is 5.92 Å². The molecule has 15 heavy (non-hydrogen) atoms. The number of nitrogens with one attached hydrogen (secondary N) is 1. The maximum atomic E-state index is 11.6. The van der Waals surface area contributed by atoms with Gasteiger partial charge in [-0.15, -0.1) is 0 Å². The van der Waals surface area contributed by atoms with E-state index in [1.165, 1.54) is 0 Å². The second-order valence-corrected chi connectivity index (χ2v) is 4.04. The van der Waals surface area contributed by atoms with Gasteiger partial charge in [-0.1, -0.05) is 0 Å². The minimum absolute atomic E-state index is 0.177. The summed E-state index contributed by atoms with van der Waals surface area (Å²) in [7, 11) is 0. The Bertz CT molecular complexity index is 211. The van der Waals surface area contributed by atoms with Crippen LogP contribution in [-0.2, 0) is 9.47 Å². The van der Waals surface area contributed by atoms with Crippen molar-refractivity contribution in [1.29, 1.82) is 0 Å². The van der Waals surface area contributed by atoms with Crippen LogP contribution in [0.4, 0.5) is 4.79 Å². The van der Waals surface area contributed by atoms with E-state index in [0.29, 0.717) is 12.5 Å². The molecule has 5 nitrogen and oxygen atoms in total. The summed E-state index contributed by atoms with van der Waals surface area (Å²) in [5, 5.41) is 3.20. The molecule has 0 spiro atoms. The van der Waals surface area contributed by atoms with Gasteiger partial charge >= 0.3 is 6.09 Å². The highest BCUT2D eigenvalue weighted by atomic mass is 16.6. The quantitative estimate of drug-likeness (QED) is 0.706. The Kier molecular flexibility index (Phi) is 3.80. The molecule has 1 atom stereocenters. The van der Waals surface area contributed by atoms with Gasteiger partial charge in [0.05, 0.1) is 13.2 Å². The summed E-state index contributed by atoms with van der Waals surface area (Å²) in [6.07, 6.45) is 0.831. The summed E-state index contributed by atoms with van der Waals surface area (Å²) in [4.78, 5) is 13.3. The van der Waals surface area contributed by atoms with Gasteiger partial charge in [-0.2, -0.15) is 0 Å². The highest BCUT2D eigenvalue weighted by Gasteiger charge is 2.21. The van der Waals surface area contributed by atoms with E-state index in [-0.39, 0.29) is 6.09 Å². The van der Waals surface area contributed by atoms with Crippen LogP contribution in [-0.4, -0.2) is 57.0 Å². The minimum Gasteiger partial charge on any atom is -0.449 e. The smallest absolute Gasteiger partial charge is 0.409 e. The average molecular weight is 214 g/mol. The van der Waals surface area contributed by atoms with E-state index in [1.807, 2.05) is 0 Å². The number of amides is 1. The number of hydrogen-bond donors (Lipinski definition) is 1. The predicted octanol–water partition coefficient (Wildman–Crippen LogP) is 0.0647. The zero-order valence-corrected chi connectivity index (χ0v) is 8.91. The van der Waals surface area contributed by atoms with Crippen LogP contribution in [0.1, 0.15) is 6.42 Å². The van der Waals surface area contributed by atoms with Gasteiger partial charge in [0.25, 0.3) is 0 Å². The van der Waals surface area contributed by atoms with Crippen molar-refractivity contribution in [3.63, 3.8) is 0 Å². The number of rotatable bonds is 2. The van der Waals surface area contributed by atoms with Crippen LogP contribution < -0.4 is 5.32 Å². The van der Waals surface area contributed by atoms with E-state index >= 15 is 0 Å².